The summed E-state index contributed by atoms with van der Waals surface area (Å²) in [5, 5.41) is 24.2. The van der Waals surface area contributed by atoms with Crippen LogP contribution in [-0.2, 0) is 9.59 Å². The summed E-state index contributed by atoms with van der Waals surface area (Å²) in [7, 11) is 0. The number of rotatable bonds is 7. The molecule has 0 spiro atoms. The average Bonchev–Trinajstić information content (AvgIpc) is 2.55. The Morgan fingerprint density at radius 3 is 2.38 bits per heavy atom. The van der Waals surface area contributed by atoms with E-state index in [1.165, 1.54) is 24.3 Å². The van der Waals surface area contributed by atoms with Crippen LogP contribution in [0.25, 0.3) is 0 Å². The molecule has 0 aliphatic rings. The van der Waals surface area contributed by atoms with Crippen molar-refractivity contribution in [2.24, 2.45) is 0 Å². The normalized spacial score (nSPS) is 11.5. The monoisotopic (exact) mass is 327 g/mol. The number of carbonyl (C=O) groups is 2. The van der Waals surface area contributed by atoms with Crippen LogP contribution in [0.2, 0.25) is 0 Å². The van der Waals surface area contributed by atoms with E-state index in [9.17, 15) is 24.8 Å². The minimum absolute atomic E-state index is 0.0688. The van der Waals surface area contributed by atoms with Gasteiger partial charge in [0.15, 0.2) is 0 Å². The summed E-state index contributed by atoms with van der Waals surface area (Å²) in [6.45, 7) is 0. The number of carbonyl (C=O) groups excluding carboxylic acids is 2. The Kier molecular flexibility index (Phi) is 5.62. The topological polar surface area (TPSA) is 112 Å². The Balaban J connectivity index is 2.09. The molecular weight excluding hydrogens is 312 g/mol. The zero-order chi connectivity index (χ0) is 17.5. The molecule has 0 aliphatic carbocycles. The van der Waals surface area contributed by atoms with Gasteiger partial charge in [0.25, 0.3) is 5.69 Å². The van der Waals surface area contributed by atoms with Crippen LogP contribution in [0.1, 0.15) is 24.3 Å². The Labute approximate surface area is 138 Å². The third-order valence-electron chi connectivity index (χ3n) is 3.46. The van der Waals surface area contributed by atoms with Gasteiger partial charge in [-0.05, 0) is 24.0 Å². The summed E-state index contributed by atoms with van der Waals surface area (Å²) < 4.78 is 0. The Bertz CT molecular complexity index is 746. The van der Waals surface area contributed by atoms with Gasteiger partial charge in [0.2, 0.25) is 5.91 Å². The molecule has 124 valence electrons. The lowest BCUT2D eigenvalue weighted by Crippen LogP contribution is -2.26. The highest BCUT2D eigenvalue weighted by atomic mass is 16.6. The first-order chi connectivity index (χ1) is 11.5. The van der Waals surface area contributed by atoms with Gasteiger partial charge in [0.1, 0.15) is 0 Å². The number of nitro benzene ring substituents is 1. The highest BCUT2D eigenvalue weighted by Gasteiger charge is 2.17. The SMILES string of the molecule is O=C([O-])C[C@H](CC(=O)Nc1cccc([N+](=O)[O-])c1)c1ccccc1. The van der Waals surface area contributed by atoms with Crippen molar-refractivity contribution in [3.05, 3.63) is 70.3 Å². The fourth-order valence-electron chi connectivity index (χ4n) is 2.37. The molecule has 1 atom stereocenters. The van der Waals surface area contributed by atoms with Gasteiger partial charge in [-0.2, -0.15) is 0 Å². The van der Waals surface area contributed by atoms with Crippen molar-refractivity contribution in [3.8, 4) is 0 Å². The molecule has 2 aromatic carbocycles. The molecule has 24 heavy (non-hydrogen) atoms. The predicted molar refractivity (Wildman–Crippen MR) is 85.2 cm³/mol. The molecular formula is C17H15N2O5-. The predicted octanol–water partition coefficient (Wildman–Crippen LogP) is 1.85. The van der Waals surface area contributed by atoms with E-state index >= 15 is 0 Å². The first-order valence-electron chi connectivity index (χ1n) is 7.25. The van der Waals surface area contributed by atoms with Crippen LogP contribution in [0.3, 0.4) is 0 Å². The maximum atomic E-state index is 12.2. The van der Waals surface area contributed by atoms with Gasteiger partial charge < -0.3 is 15.2 Å². The molecule has 0 radical (unpaired) electrons. The number of carboxylic acids is 1. The molecule has 0 bridgehead atoms. The standard InChI is InChI=1S/C17H16N2O5/c20-16(18-14-7-4-8-15(11-14)19(23)24)9-13(10-17(21)22)12-5-2-1-3-6-12/h1-8,11,13H,9-10H2,(H,18,20)(H,21,22)/p-1/t13-/m0/s1. The number of hydrogen-bond donors (Lipinski definition) is 1. The van der Waals surface area contributed by atoms with E-state index < -0.39 is 22.7 Å². The lowest BCUT2D eigenvalue weighted by molar-refractivity contribution is -0.384. The van der Waals surface area contributed by atoms with Crippen molar-refractivity contribution in [1.29, 1.82) is 0 Å². The molecule has 0 heterocycles. The van der Waals surface area contributed by atoms with E-state index in [4.69, 9.17) is 0 Å². The molecule has 0 unspecified atom stereocenters. The highest BCUT2D eigenvalue weighted by Crippen LogP contribution is 2.24. The second kappa shape index (κ2) is 7.87. The van der Waals surface area contributed by atoms with E-state index in [-0.39, 0.29) is 24.2 Å². The Morgan fingerprint density at radius 1 is 1.04 bits per heavy atom. The molecule has 0 saturated carbocycles. The lowest BCUT2D eigenvalue weighted by atomic mass is 9.92. The summed E-state index contributed by atoms with van der Waals surface area (Å²) in [6, 6.07) is 14.4. The largest absolute Gasteiger partial charge is 0.550 e. The summed E-state index contributed by atoms with van der Waals surface area (Å²) in [5.74, 6) is -2.20. The number of carboxylic acid groups (broad SMARTS) is 1. The van der Waals surface area contributed by atoms with E-state index in [1.807, 2.05) is 0 Å². The fourth-order valence-corrected chi connectivity index (χ4v) is 2.37. The smallest absolute Gasteiger partial charge is 0.271 e. The molecule has 2 rings (SSSR count). The van der Waals surface area contributed by atoms with Crippen molar-refractivity contribution >= 4 is 23.3 Å². The van der Waals surface area contributed by atoms with Gasteiger partial charge in [-0.1, -0.05) is 36.4 Å². The van der Waals surface area contributed by atoms with Gasteiger partial charge in [0, 0.05) is 30.2 Å². The van der Waals surface area contributed by atoms with Crippen LogP contribution in [-0.4, -0.2) is 16.8 Å². The number of nitro groups is 1. The van der Waals surface area contributed by atoms with Gasteiger partial charge in [-0.3, -0.25) is 14.9 Å². The number of non-ortho nitro benzene ring substituents is 1. The fraction of sp³-hybridized carbons (Fsp3) is 0.176. The number of nitrogens with zero attached hydrogens (tertiary/aromatic N) is 1. The third kappa shape index (κ3) is 4.91. The second-order valence-corrected chi connectivity index (χ2v) is 5.24. The molecule has 1 N–H and O–H groups in total. The molecule has 7 heteroatoms. The molecule has 2 aromatic rings. The number of hydrogen-bond acceptors (Lipinski definition) is 5. The van der Waals surface area contributed by atoms with E-state index in [1.54, 1.807) is 30.3 Å². The molecule has 0 saturated heterocycles. The summed E-state index contributed by atoms with van der Waals surface area (Å²) in [4.78, 5) is 33.3. The zero-order valence-electron chi connectivity index (χ0n) is 12.7. The third-order valence-corrected chi connectivity index (χ3v) is 3.46. The minimum atomic E-state index is -1.24. The molecule has 0 fully saturated rings. The van der Waals surface area contributed by atoms with Crippen LogP contribution in [0, 0.1) is 10.1 Å². The van der Waals surface area contributed by atoms with E-state index in [0.29, 0.717) is 0 Å². The Morgan fingerprint density at radius 2 is 1.75 bits per heavy atom. The summed E-state index contributed by atoms with van der Waals surface area (Å²) >= 11 is 0. The van der Waals surface area contributed by atoms with Crippen molar-refractivity contribution in [2.45, 2.75) is 18.8 Å². The quantitative estimate of drug-likeness (QED) is 0.616. The van der Waals surface area contributed by atoms with Crippen LogP contribution < -0.4 is 10.4 Å². The van der Waals surface area contributed by atoms with E-state index in [0.717, 1.165) is 5.56 Å². The van der Waals surface area contributed by atoms with Gasteiger partial charge in [-0.15, -0.1) is 0 Å². The van der Waals surface area contributed by atoms with Crippen LogP contribution in [0.15, 0.2) is 54.6 Å². The van der Waals surface area contributed by atoms with Crippen LogP contribution in [0.4, 0.5) is 11.4 Å². The molecule has 0 aromatic heterocycles. The van der Waals surface area contributed by atoms with Gasteiger partial charge in [-0.25, -0.2) is 0 Å². The molecule has 1 amide bonds. The highest BCUT2D eigenvalue weighted by molar-refractivity contribution is 5.91. The number of amides is 1. The van der Waals surface area contributed by atoms with Crippen LogP contribution in [0.5, 0.6) is 0 Å². The summed E-state index contributed by atoms with van der Waals surface area (Å²) in [6.07, 6.45) is -0.354. The first kappa shape index (κ1) is 17.1. The van der Waals surface area contributed by atoms with Crippen LogP contribution >= 0.6 is 0 Å². The average molecular weight is 327 g/mol. The first-order valence-corrected chi connectivity index (χ1v) is 7.25. The van der Waals surface area contributed by atoms with Crippen molar-refractivity contribution in [1.82, 2.24) is 0 Å². The zero-order valence-corrected chi connectivity index (χ0v) is 12.7. The van der Waals surface area contributed by atoms with Crippen molar-refractivity contribution < 1.29 is 19.6 Å². The lowest BCUT2D eigenvalue weighted by Gasteiger charge is -2.17. The number of anilines is 1. The second-order valence-electron chi connectivity index (χ2n) is 5.24. The number of aliphatic carboxylic acids is 1. The van der Waals surface area contributed by atoms with E-state index in [2.05, 4.69) is 5.32 Å². The summed E-state index contributed by atoms with van der Waals surface area (Å²) in [5.41, 5.74) is 0.868. The van der Waals surface area contributed by atoms with Crippen molar-refractivity contribution in [3.63, 3.8) is 0 Å². The number of nitrogens with one attached hydrogen (secondary N) is 1. The number of benzene rings is 2. The molecule has 7 nitrogen and oxygen atoms in total. The Hall–Kier alpha value is -3.22. The maximum absolute atomic E-state index is 12.2. The maximum Gasteiger partial charge on any atom is 0.271 e. The van der Waals surface area contributed by atoms with Gasteiger partial charge >= 0.3 is 0 Å². The molecule has 0 aliphatic heterocycles. The minimum Gasteiger partial charge on any atom is -0.550 e. The van der Waals surface area contributed by atoms with Crippen molar-refractivity contribution in [2.75, 3.05) is 5.32 Å². The van der Waals surface area contributed by atoms with Gasteiger partial charge in [0.05, 0.1) is 4.92 Å².